The monoisotopic (exact) mass is 287 g/mol. The highest BCUT2D eigenvalue weighted by atomic mass is 16.4. The molecule has 2 aromatic rings. The van der Waals surface area contributed by atoms with E-state index in [9.17, 15) is 0 Å². The molecule has 0 spiro atoms. The van der Waals surface area contributed by atoms with Crippen molar-refractivity contribution in [2.45, 2.75) is 57.7 Å². The van der Waals surface area contributed by atoms with Crippen LogP contribution in [0.1, 0.15) is 48.9 Å². The van der Waals surface area contributed by atoms with E-state index in [0.717, 1.165) is 31.4 Å². The second-order valence-electron chi connectivity index (χ2n) is 6.31. The second kappa shape index (κ2) is 5.26. The van der Waals surface area contributed by atoms with Crippen molar-refractivity contribution in [2.75, 3.05) is 6.54 Å². The van der Waals surface area contributed by atoms with Crippen molar-refractivity contribution >= 4 is 0 Å². The van der Waals surface area contributed by atoms with Gasteiger partial charge in [-0.15, -0.1) is 10.2 Å². The largest absolute Gasteiger partial charge is 0.424 e. The van der Waals surface area contributed by atoms with Crippen molar-refractivity contribution in [3.63, 3.8) is 0 Å². The molecule has 1 saturated carbocycles. The summed E-state index contributed by atoms with van der Waals surface area (Å²) in [5.74, 6) is 2.14. The highest BCUT2D eigenvalue weighted by Gasteiger charge is 2.31. The summed E-state index contributed by atoms with van der Waals surface area (Å²) in [4.78, 5) is 2.45. The average Bonchev–Trinajstić information content (AvgIpc) is 2.86. The Hall–Kier alpha value is -1.69. The van der Waals surface area contributed by atoms with Gasteiger partial charge in [-0.3, -0.25) is 9.58 Å². The molecule has 0 aromatic carbocycles. The molecule has 0 N–H and O–H groups in total. The SMILES string of the molecule is Cc1cnn(C[C@H]2CCCN2Cc2nnc(C3CC3)o2)c1. The fourth-order valence-electron chi connectivity index (χ4n) is 3.09. The smallest absolute Gasteiger partial charge is 0.230 e. The third-order valence-electron chi connectivity index (χ3n) is 4.41. The molecule has 1 saturated heterocycles. The minimum Gasteiger partial charge on any atom is -0.424 e. The van der Waals surface area contributed by atoms with Crippen LogP contribution in [0.3, 0.4) is 0 Å². The fourth-order valence-corrected chi connectivity index (χ4v) is 3.09. The first-order valence-electron chi connectivity index (χ1n) is 7.83. The normalized spacial score (nSPS) is 23.0. The Morgan fingerprint density at radius 1 is 1.29 bits per heavy atom. The molecule has 2 aromatic heterocycles. The molecular weight excluding hydrogens is 266 g/mol. The number of hydrogen-bond donors (Lipinski definition) is 0. The van der Waals surface area contributed by atoms with Gasteiger partial charge in [-0.2, -0.15) is 5.10 Å². The van der Waals surface area contributed by atoms with E-state index in [-0.39, 0.29) is 0 Å². The minimum atomic E-state index is 0.514. The van der Waals surface area contributed by atoms with Crippen molar-refractivity contribution in [2.24, 2.45) is 0 Å². The third-order valence-corrected chi connectivity index (χ3v) is 4.41. The van der Waals surface area contributed by atoms with E-state index in [2.05, 4.69) is 33.3 Å². The second-order valence-corrected chi connectivity index (χ2v) is 6.31. The Balaban J connectivity index is 1.40. The summed E-state index contributed by atoms with van der Waals surface area (Å²) in [7, 11) is 0. The first-order chi connectivity index (χ1) is 10.3. The van der Waals surface area contributed by atoms with Gasteiger partial charge in [-0.1, -0.05) is 0 Å². The van der Waals surface area contributed by atoms with Gasteiger partial charge >= 0.3 is 0 Å². The Kier molecular flexibility index (Phi) is 3.25. The zero-order chi connectivity index (χ0) is 14.2. The van der Waals surface area contributed by atoms with E-state index in [1.807, 2.05) is 10.9 Å². The van der Waals surface area contributed by atoms with Gasteiger partial charge < -0.3 is 4.42 Å². The number of hydrogen-bond acceptors (Lipinski definition) is 5. The number of rotatable bonds is 5. The summed E-state index contributed by atoms with van der Waals surface area (Å²) in [6, 6.07) is 0.514. The Morgan fingerprint density at radius 3 is 2.95 bits per heavy atom. The van der Waals surface area contributed by atoms with Crippen LogP contribution < -0.4 is 0 Å². The third kappa shape index (κ3) is 2.85. The highest BCUT2D eigenvalue weighted by molar-refractivity contribution is 5.01. The maximum atomic E-state index is 5.79. The summed E-state index contributed by atoms with van der Waals surface area (Å²) in [5, 5.41) is 12.8. The van der Waals surface area contributed by atoms with E-state index in [1.54, 1.807) is 0 Å². The standard InChI is InChI=1S/C15H21N5O/c1-11-7-16-20(8-11)9-13-3-2-6-19(13)10-14-17-18-15(21-14)12-4-5-12/h7-8,12-13H,2-6,9-10H2,1H3/t13-/m1/s1. The van der Waals surface area contributed by atoms with Crippen LogP contribution in [0.4, 0.5) is 0 Å². The maximum Gasteiger partial charge on any atom is 0.230 e. The molecule has 2 fully saturated rings. The van der Waals surface area contributed by atoms with Crippen LogP contribution in [0.15, 0.2) is 16.8 Å². The summed E-state index contributed by atoms with van der Waals surface area (Å²) in [6.45, 7) is 4.89. The lowest BCUT2D eigenvalue weighted by Gasteiger charge is -2.22. The molecule has 0 unspecified atom stereocenters. The van der Waals surface area contributed by atoms with Crippen molar-refractivity contribution in [3.05, 3.63) is 29.7 Å². The van der Waals surface area contributed by atoms with Crippen LogP contribution in [-0.2, 0) is 13.1 Å². The van der Waals surface area contributed by atoms with E-state index in [1.165, 1.54) is 31.2 Å². The average molecular weight is 287 g/mol. The number of nitrogens with zero attached hydrogens (tertiary/aromatic N) is 5. The van der Waals surface area contributed by atoms with Crippen molar-refractivity contribution in [3.8, 4) is 0 Å². The van der Waals surface area contributed by atoms with E-state index in [0.29, 0.717) is 12.0 Å². The zero-order valence-corrected chi connectivity index (χ0v) is 12.4. The lowest BCUT2D eigenvalue weighted by Crippen LogP contribution is -2.32. The van der Waals surface area contributed by atoms with Gasteiger partial charge in [0.2, 0.25) is 11.8 Å². The summed E-state index contributed by atoms with van der Waals surface area (Å²) < 4.78 is 7.83. The van der Waals surface area contributed by atoms with Gasteiger partial charge in [-0.25, -0.2) is 0 Å². The van der Waals surface area contributed by atoms with E-state index < -0.39 is 0 Å². The molecule has 1 aliphatic heterocycles. The molecule has 112 valence electrons. The van der Waals surface area contributed by atoms with Crippen molar-refractivity contribution < 1.29 is 4.42 Å². The van der Waals surface area contributed by atoms with Gasteiger partial charge in [0.15, 0.2) is 0 Å². The zero-order valence-electron chi connectivity index (χ0n) is 12.4. The van der Waals surface area contributed by atoms with Gasteiger partial charge in [0.05, 0.1) is 19.3 Å². The predicted molar refractivity (Wildman–Crippen MR) is 76.7 cm³/mol. The molecule has 2 aliphatic rings. The molecule has 1 aliphatic carbocycles. The Bertz CT molecular complexity index is 615. The number of likely N-dealkylation sites (tertiary alicyclic amines) is 1. The molecule has 6 heteroatoms. The van der Waals surface area contributed by atoms with Gasteiger partial charge in [0.25, 0.3) is 0 Å². The first kappa shape index (κ1) is 13.0. The molecule has 0 radical (unpaired) electrons. The molecule has 0 bridgehead atoms. The van der Waals surface area contributed by atoms with Gasteiger partial charge in [0.1, 0.15) is 0 Å². The van der Waals surface area contributed by atoms with Crippen LogP contribution in [0, 0.1) is 6.92 Å². The lowest BCUT2D eigenvalue weighted by atomic mass is 10.2. The lowest BCUT2D eigenvalue weighted by molar-refractivity contribution is 0.198. The summed E-state index contributed by atoms with van der Waals surface area (Å²) >= 11 is 0. The van der Waals surface area contributed by atoms with Crippen molar-refractivity contribution in [1.82, 2.24) is 24.9 Å². The van der Waals surface area contributed by atoms with Crippen molar-refractivity contribution in [1.29, 1.82) is 0 Å². The van der Waals surface area contributed by atoms with Crippen LogP contribution in [0.25, 0.3) is 0 Å². The fraction of sp³-hybridized carbons (Fsp3) is 0.667. The summed E-state index contributed by atoms with van der Waals surface area (Å²) in [5.41, 5.74) is 1.21. The molecule has 21 heavy (non-hydrogen) atoms. The molecule has 0 amide bonds. The topological polar surface area (TPSA) is 60.0 Å². The quantitative estimate of drug-likeness (QED) is 0.843. The predicted octanol–water partition coefficient (Wildman–Crippen LogP) is 2.12. The number of aromatic nitrogens is 4. The Labute approximate surface area is 124 Å². The number of aryl methyl sites for hydroxylation is 1. The van der Waals surface area contributed by atoms with E-state index in [4.69, 9.17) is 4.42 Å². The summed E-state index contributed by atoms with van der Waals surface area (Å²) in [6.07, 6.45) is 8.86. The molecule has 4 rings (SSSR count). The molecule has 6 nitrogen and oxygen atoms in total. The molecule has 3 heterocycles. The van der Waals surface area contributed by atoms with Crippen LogP contribution in [-0.4, -0.2) is 37.5 Å². The maximum absolute atomic E-state index is 5.79. The van der Waals surface area contributed by atoms with Crippen LogP contribution in [0.2, 0.25) is 0 Å². The van der Waals surface area contributed by atoms with Gasteiger partial charge in [0, 0.05) is 18.2 Å². The molecular formula is C15H21N5O. The van der Waals surface area contributed by atoms with Crippen LogP contribution >= 0.6 is 0 Å². The van der Waals surface area contributed by atoms with Gasteiger partial charge in [-0.05, 0) is 44.7 Å². The van der Waals surface area contributed by atoms with E-state index >= 15 is 0 Å². The van der Waals surface area contributed by atoms with Crippen LogP contribution in [0.5, 0.6) is 0 Å². The first-order valence-corrected chi connectivity index (χ1v) is 7.83. The molecule has 1 atom stereocenters. The highest BCUT2D eigenvalue weighted by Crippen LogP contribution is 2.39. The minimum absolute atomic E-state index is 0.514. The Morgan fingerprint density at radius 2 is 2.19 bits per heavy atom.